The summed E-state index contributed by atoms with van der Waals surface area (Å²) in [4.78, 5) is 25.6. The van der Waals surface area contributed by atoms with E-state index < -0.39 is 11.8 Å². The topological polar surface area (TPSA) is 94.1 Å². The third kappa shape index (κ3) is 3.72. The Kier molecular flexibility index (Phi) is 5.40. The lowest BCUT2D eigenvalue weighted by Crippen LogP contribution is -2.37. The number of aryl methyl sites for hydroxylation is 1. The molecule has 8 heteroatoms. The Morgan fingerprint density at radius 1 is 1.17 bits per heavy atom. The number of anilines is 2. The Balaban J connectivity index is 1.57. The molecule has 0 bridgehead atoms. The summed E-state index contributed by atoms with van der Waals surface area (Å²) in [5, 5.41) is 13.0. The lowest BCUT2D eigenvalue weighted by atomic mass is 10.1. The van der Waals surface area contributed by atoms with Gasteiger partial charge in [-0.1, -0.05) is 24.3 Å². The highest BCUT2D eigenvalue weighted by molar-refractivity contribution is 6.02. The van der Waals surface area contributed by atoms with Crippen molar-refractivity contribution in [3.05, 3.63) is 72.4 Å². The minimum Gasteiger partial charge on any atom is -0.395 e. The number of rotatable bonds is 5. The predicted molar refractivity (Wildman–Crippen MR) is 114 cm³/mol. The van der Waals surface area contributed by atoms with Gasteiger partial charge in [-0.25, -0.2) is 19.2 Å². The number of aliphatic hydroxyl groups is 1. The molecule has 0 aliphatic heterocycles. The molecule has 0 saturated carbocycles. The summed E-state index contributed by atoms with van der Waals surface area (Å²) < 4.78 is 14.1. The lowest BCUT2D eigenvalue weighted by molar-refractivity contribution is 0.251. The van der Waals surface area contributed by atoms with E-state index >= 15 is 0 Å². The fourth-order valence-electron chi connectivity index (χ4n) is 3.34. The van der Waals surface area contributed by atoms with E-state index in [1.165, 1.54) is 23.4 Å². The first-order valence-electron chi connectivity index (χ1n) is 9.41. The van der Waals surface area contributed by atoms with Crippen LogP contribution < -0.4 is 10.2 Å². The number of fused-ring (bicyclic) bond motifs is 1. The highest BCUT2D eigenvalue weighted by Crippen LogP contribution is 2.28. The number of carbonyl (C=O) groups is 1. The second kappa shape index (κ2) is 8.30. The number of nitrogens with one attached hydrogen (secondary N) is 2. The van der Waals surface area contributed by atoms with Gasteiger partial charge < -0.3 is 15.4 Å². The van der Waals surface area contributed by atoms with Gasteiger partial charge in [0.05, 0.1) is 24.5 Å². The number of urea groups is 1. The van der Waals surface area contributed by atoms with Gasteiger partial charge in [0.1, 0.15) is 17.8 Å². The SMILES string of the molecule is Cc1c[nH]c2ncnc(-c3ccc(NC(=O)N(CCO)c4ccccc4F)cc3)c12. The van der Waals surface area contributed by atoms with Crippen LogP contribution in [0.4, 0.5) is 20.6 Å². The van der Waals surface area contributed by atoms with Gasteiger partial charge in [-0.3, -0.25) is 4.90 Å². The largest absolute Gasteiger partial charge is 0.395 e. The number of benzene rings is 2. The van der Waals surface area contributed by atoms with Crippen LogP contribution in [0.3, 0.4) is 0 Å². The van der Waals surface area contributed by atoms with Crippen molar-refractivity contribution >= 4 is 28.4 Å². The van der Waals surface area contributed by atoms with Crippen molar-refractivity contribution < 1.29 is 14.3 Å². The molecule has 30 heavy (non-hydrogen) atoms. The summed E-state index contributed by atoms with van der Waals surface area (Å²) in [6, 6.07) is 12.6. The predicted octanol–water partition coefficient (Wildman–Crippen LogP) is 4.10. The standard InChI is InChI=1S/C22H20FN5O2/c1-14-12-24-21-19(14)20(25-13-26-21)15-6-8-16(9-7-15)27-22(30)28(10-11-29)18-5-3-2-4-17(18)23/h2-9,12-13,29H,10-11H2,1H3,(H,27,30)(H,24,25,26). The zero-order valence-electron chi connectivity index (χ0n) is 16.3. The number of aromatic amines is 1. The van der Waals surface area contributed by atoms with E-state index in [0.29, 0.717) is 5.69 Å². The number of aromatic nitrogens is 3. The van der Waals surface area contributed by atoms with Gasteiger partial charge in [0.25, 0.3) is 0 Å². The molecule has 2 heterocycles. The first-order valence-corrected chi connectivity index (χ1v) is 9.41. The van der Waals surface area contributed by atoms with Crippen LogP contribution in [0.15, 0.2) is 61.1 Å². The van der Waals surface area contributed by atoms with Crippen molar-refractivity contribution in [1.29, 1.82) is 0 Å². The van der Waals surface area contributed by atoms with Gasteiger partial charge in [-0.2, -0.15) is 0 Å². The molecule has 152 valence electrons. The molecule has 0 atom stereocenters. The van der Waals surface area contributed by atoms with Crippen LogP contribution in [-0.2, 0) is 0 Å². The molecule has 0 radical (unpaired) electrons. The molecule has 4 aromatic rings. The maximum absolute atomic E-state index is 14.1. The fraction of sp³-hybridized carbons (Fsp3) is 0.136. The maximum Gasteiger partial charge on any atom is 0.326 e. The van der Waals surface area contributed by atoms with E-state index in [0.717, 1.165) is 27.9 Å². The first kappa shape index (κ1) is 19.5. The summed E-state index contributed by atoms with van der Waals surface area (Å²) in [6.45, 7) is 1.66. The number of hydrogen-bond donors (Lipinski definition) is 3. The van der Waals surface area contributed by atoms with Crippen LogP contribution in [-0.4, -0.2) is 39.2 Å². The van der Waals surface area contributed by atoms with Crippen molar-refractivity contribution in [2.75, 3.05) is 23.4 Å². The summed E-state index contributed by atoms with van der Waals surface area (Å²) in [7, 11) is 0. The highest BCUT2D eigenvalue weighted by atomic mass is 19.1. The third-order valence-corrected chi connectivity index (χ3v) is 4.79. The minimum atomic E-state index is -0.536. The molecule has 0 unspecified atom stereocenters. The van der Waals surface area contributed by atoms with Crippen molar-refractivity contribution in [1.82, 2.24) is 15.0 Å². The zero-order chi connectivity index (χ0) is 21.1. The molecule has 2 aromatic heterocycles. The van der Waals surface area contributed by atoms with E-state index in [2.05, 4.69) is 20.3 Å². The van der Waals surface area contributed by atoms with Crippen molar-refractivity contribution in [2.45, 2.75) is 6.92 Å². The third-order valence-electron chi connectivity index (χ3n) is 4.79. The molecule has 0 saturated heterocycles. The molecule has 0 aliphatic rings. The second-order valence-corrected chi connectivity index (χ2v) is 6.75. The number of aliphatic hydroxyl groups excluding tert-OH is 1. The van der Waals surface area contributed by atoms with Crippen LogP contribution >= 0.6 is 0 Å². The molecule has 0 aliphatic carbocycles. The average Bonchev–Trinajstić information content (AvgIpc) is 3.14. The van der Waals surface area contributed by atoms with E-state index in [-0.39, 0.29) is 18.8 Å². The summed E-state index contributed by atoms with van der Waals surface area (Å²) >= 11 is 0. The molecule has 4 rings (SSSR count). The second-order valence-electron chi connectivity index (χ2n) is 6.75. The Morgan fingerprint density at radius 2 is 1.93 bits per heavy atom. The Labute approximate surface area is 172 Å². The summed E-state index contributed by atoms with van der Waals surface area (Å²) in [6.07, 6.45) is 3.39. The van der Waals surface area contributed by atoms with Gasteiger partial charge in [0.2, 0.25) is 0 Å². The molecular weight excluding hydrogens is 385 g/mol. The Morgan fingerprint density at radius 3 is 2.67 bits per heavy atom. The van der Waals surface area contributed by atoms with Crippen LogP contribution in [0.25, 0.3) is 22.3 Å². The Hall–Kier alpha value is -3.78. The monoisotopic (exact) mass is 405 g/mol. The van der Waals surface area contributed by atoms with Crippen molar-refractivity contribution in [3.63, 3.8) is 0 Å². The number of H-pyrrole nitrogens is 1. The average molecular weight is 405 g/mol. The van der Waals surface area contributed by atoms with Crippen LogP contribution in [0, 0.1) is 12.7 Å². The molecule has 7 nitrogen and oxygen atoms in total. The Bertz CT molecular complexity index is 1190. The number of carbonyl (C=O) groups excluding carboxylic acids is 1. The maximum atomic E-state index is 14.1. The van der Waals surface area contributed by atoms with E-state index in [1.807, 2.05) is 25.3 Å². The minimum absolute atomic E-state index is 0.0312. The number of para-hydroxylation sites is 1. The van der Waals surface area contributed by atoms with Crippen LogP contribution in [0.2, 0.25) is 0 Å². The zero-order valence-corrected chi connectivity index (χ0v) is 16.3. The van der Waals surface area contributed by atoms with Gasteiger partial charge in [0.15, 0.2) is 0 Å². The van der Waals surface area contributed by atoms with E-state index in [4.69, 9.17) is 0 Å². The van der Waals surface area contributed by atoms with Crippen molar-refractivity contribution in [3.8, 4) is 11.3 Å². The van der Waals surface area contributed by atoms with Crippen LogP contribution in [0.1, 0.15) is 5.56 Å². The summed E-state index contributed by atoms with van der Waals surface area (Å²) in [5.41, 5.74) is 4.13. The van der Waals surface area contributed by atoms with E-state index in [1.54, 1.807) is 24.3 Å². The number of nitrogens with zero attached hydrogens (tertiary/aromatic N) is 3. The molecule has 2 aromatic carbocycles. The molecule has 2 amide bonds. The smallest absolute Gasteiger partial charge is 0.326 e. The van der Waals surface area contributed by atoms with Gasteiger partial charge in [0, 0.05) is 22.8 Å². The highest BCUT2D eigenvalue weighted by Gasteiger charge is 2.19. The molecule has 0 fully saturated rings. The van der Waals surface area contributed by atoms with Gasteiger partial charge >= 0.3 is 6.03 Å². The van der Waals surface area contributed by atoms with Gasteiger partial charge in [-0.15, -0.1) is 0 Å². The molecule has 0 spiro atoms. The fourth-order valence-corrected chi connectivity index (χ4v) is 3.34. The number of halogens is 1. The van der Waals surface area contributed by atoms with Crippen molar-refractivity contribution in [2.24, 2.45) is 0 Å². The quantitative estimate of drug-likeness (QED) is 0.466. The normalized spacial score (nSPS) is 10.9. The summed E-state index contributed by atoms with van der Waals surface area (Å²) in [5.74, 6) is -0.536. The molecular formula is C22H20FN5O2. The lowest BCUT2D eigenvalue weighted by Gasteiger charge is -2.22. The number of amides is 2. The number of hydrogen-bond acceptors (Lipinski definition) is 4. The molecule has 3 N–H and O–H groups in total. The van der Waals surface area contributed by atoms with E-state index in [9.17, 15) is 14.3 Å². The van der Waals surface area contributed by atoms with Crippen LogP contribution in [0.5, 0.6) is 0 Å². The van der Waals surface area contributed by atoms with Gasteiger partial charge in [-0.05, 0) is 36.8 Å². The first-order chi connectivity index (χ1) is 14.6.